The number of benzene rings is 1. The molecule has 9 nitrogen and oxygen atoms in total. The van der Waals surface area contributed by atoms with E-state index in [9.17, 15) is 26.8 Å². The van der Waals surface area contributed by atoms with Gasteiger partial charge in [-0.3, -0.25) is 19.9 Å². The van der Waals surface area contributed by atoms with Crippen LogP contribution in [0.25, 0.3) is 0 Å². The average Bonchev–Trinajstić information content (AvgIpc) is 3.62. The molecule has 4 N–H and O–H groups in total. The third-order valence-electron chi connectivity index (χ3n) is 6.87. The maximum atomic E-state index is 13.3. The van der Waals surface area contributed by atoms with Crippen LogP contribution in [0.5, 0.6) is 0 Å². The SMILES string of the molecule is CN1NC2NC(NC(=O)[C@@H]3CC3(F)F)CC(Nc3ccc(C4CC4)cc3S(C)(=O)=O)C2C1=O. The lowest BCUT2D eigenvalue weighted by Gasteiger charge is -2.38. The number of sulfone groups is 1. The summed E-state index contributed by atoms with van der Waals surface area (Å²) in [5.74, 6) is -5.46. The Morgan fingerprint density at radius 2 is 1.97 bits per heavy atom. The van der Waals surface area contributed by atoms with E-state index in [1.807, 2.05) is 6.07 Å². The number of fused-ring (bicyclic) bond motifs is 1. The van der Waals surface area contributed by atoms with E-state index in [4.69, 9.17) is 0 Å². The van der Waals surface area contributed by atoms with Crippen molar-refractivity contribution in [3.63, 3.8) is 0 Å². The number of nitrogens with one attached hydrogen (secondary N) is 4. The van der Waals surface area contributed by atoms with Crippen LogP contribution in [0.4, 0.5) is 14.5 Å². The largest absolute Gasteiger partial charge is 0.380 e. The maximum Gasteiger partial charge on any atom is 0.260 e. The Balaban J connectivity index is 1.40. The number of nitrogens with zero attached hydrogens (tertiary/aromatic N) is 1. The highest BCUT2D eigenvalue weighted by atomic mass is 32.2. The Morgan fingerprint density at radius 3 is 2.58 bits per heavy atom. The van der Waals surface area contributed by atoms with Gasteiger partial charge in [0.25, 0.3) is 5.92 Å². The summed E-state index contributed by atoms with van der Waals surface area (Å²) in [6.07, 6.45) is 1.72. The number of anilines is 1. The molecule has 33 heavy (non-hydrogen) atoms. The molecule has 2 saturated heterocycles. The normalized spacial score (nSPS) is 32.9. The first-order valence-corrected chi connectivity index (χ1v) is 12.9. The summed E-state index contributed by atoms with van der Waals surface area (Å²) in [7, 11) is -1.98. The monoisotopic (exact) mass is 483 g/mol. The first-order valence-electron chi connectivity index (χ1n) is 11.0. The van der Waals surface area contributed by atoms with Gasteiger partial charge in [0.15, 0.2) is 9.84 Å². The number of hydrazine groups is 1. The lowest BCUT2D eigenvalue weighted by atomic mass is 9.88. The van der Waals surface area contributed by atoms with Crippen molar-refractivity contribution in [3.8, 4) is 0 Å². The van der Waals surface area contributed by atoms with Gasteiger partial charge in [0.1, 0.15) is 5.92 Å². The summed E-state index contributed by atoms with van der Waals surface area (Å²) in [4.78, 5) is 25.2. The van der Waals surface area contributed by atoms with Crippen LogP contribution in [-0.2, 0) is 19.4 Å². The average molecular weight is 484 g/mol. The molecule has 2 heterocycles. The van der Waals surface area contributed by atoms with Gasteiger partial charge < -0.3 is 10.6 Å². The van der Waals surface area contributed by atoms with Gasteiger partial charge in [0.2, 0.25) is 11.8 Å². The molecule has 12 heteroatoms. The molecule has 0 bridgehead atoms. The molecule has 180 valence electrons. The smallest absolute Gasteiger partial charge is 0.260 e. The molecular formula is C21H27F2N5O4S. The second kappa shape index (κ2) is 7.60. The number of hydrogen-bond donors (Lipinski definition) is 4. The van der Waals surface area contributed by atoms with Gasteiger partial charge in [0.05, 0.1) is 28.8 Å². The number of carbonyl (C=O) groups excluding carboxylic acids is 2. The zero-order chi connectivity index (χ0) is 23.7. The number of piperidine rings is 1. The first-order chi connectivity index (χ1) is 15.4. The lowest BCUT2D eigenvalue weighted by Crippen LogP contribution is -2.63. The van der Waals surface area contributed by atoms with Crippen molar-refractivity contribution in [2.24, 2.45) is 11.8 Å². The van der Waals surface area contributed by atoms with Crippen LogP contribution in [-0.4, -0.2) is 62.8 Å². The number of halogens is 2. The van der Waals surface area contributed by atoms with E-state index < -0.39 is 58.3 Å². The Hall–Kier alpha value is -2.31. The van der Waals surface area contributed by atoms with E-state index in [2.05, 4.69) is 21.4 Å². The Kier molecular flexibility index (Phi) is 5.18. The highest BCUT2D eigenvalue weighted by Crippen LogP contribution is 2.48. The maximum absolute atomic E-state index is 13.3. The van der Waals surface area contributed by atoms with E-state index in [0.29, 0.717) is 11.6 Å². The minimum Gasteiger partial charge on any atom is -0.380 e. The molecule has 0 aromatic heterocycles. The highest BCUT2D eigenvalue weighted by Gasteiger charge is 2.61. The molecule has 0 radical (unpaired) electrons. The Bertz CT molecular complexity index is 1110. The van der Waals surface area contributed by atoms with E-state index in [0.717, 1.165) is 24.7 Å². The standard InChI is InChI=1S/C21H27F2N5O4S/c1-28-20(30)17-14(8-16(25-18(17)27-28)26-19(29)12-9-21(12,22)23)24-13-6-5-11(10-3-4-10)7-15(13)33(2,31)32/h5-7,10,12,14,16-18,24-25,27H,3-4,8-9H2,1-2H3,(H,26,29)/t12-,14?,16?,17?,18?/m0/s1. The van der Waals surface area contributed by atoms with Gasteiger partial charge in [0, 0.05) is 32.2 Å². The minimum atomic E-state index is -3.55. The van der Waals surface area contributed by atoms with Gasteiger partial charge >= 0.3 is 0 Å². The van der Waals surface area contributed by atoms with Crippen molar-refractivity contribution in [2.45, 2.75) is 60.8 Å². The van der Waals surface area contributed by atoms with Crippen LogP contribution >= 0.6 is 0 Å². The number of carbonyl (C=O) groups is 2. The summed E-state index contributed by atoms with van der Waals surface area (Å²) in [6, 6.07) is 4.75. The van der Waals surface area contributed by atoms with Crippen LogP contribution in [0.15, 0.2) is 23.1 Å². The molecule has 4 fully saturated rings. The Morgan fingerprint density at radius 1 is 1.27 bits per heavy atom. The third-order valence-corrected chi connectivity index (χ3v) is 8.00. The van der Waals surface area contributed by atoms with Crippen LogP contribution < -0.4 is 21.4 Å². The predicted octanol–water partition coefficient (Wildman–Crippen LogP) is 0.758. The van der Waals surface area contributed by atoms with Gasteiger partial charge in [-0.25, -0.2) is 22.6 Å². The second-order valence-corrected chi connectivity index (χ2v) is 11.5. The van der Waals surface area contributed by atoms with Crippen molar-refractivity contribution in [3.05, 3.63) is 23.8 Å². The molecule has 2 aliphatic carbocycles. The summed E-state index contributed by atoms with van der Waals surface area (Å²) in [6.45, 7) is 0. The first kappa shape index (κ1) is 22.5. The minimum absolute atomic E-state index is 0.159. The summed E-state index contributed by atoms with van der Waals surface area (Å²) >= 11 is 0. The third kappa shape index (κ3) is 4.31. The quantitative estimate of drug-likeness (QED) is 0.472. The van der Waals surface area contributed by atoms with Crippen molar-refractivity contribution in [1.82, 2.24) is 21.1 Å². The molecular weight excluding hydrogens is 456 g/mol. The lowest BCUT2D eigenvalue weighted by molar-refractivity contribution is -0.131. The van der Waals surface area contributed by atoms with Gasteiger partial charge in [-0.15, -0.1) is 0 Å². The van der Waals surface area contributed by atoms with Crippen molar-refractivity contribution < 1.29 is 26.8 Å². The molecule has 2 amide bonds. The number of alkyl halides is 2. The van der Waals surface area contributed by atoms with Crippen molar-refractivity contribution in [1.29, 1.82) is 0 Å². The molecule has 5 rings (SSSR count). The summed E-state index contributed by atoms with van der Waals surface area (Å²) in [5.41, 5.74) is 4.33. The predicted molar refractivity (Wildman–Crippen MR) is 115 cm³/mol. The Labute approximate surface area is 190 Å². The van der Waals surface area contributed by atoms with Crippen molar-refractivity contribution in [2.75, 3.05) is 18.6 Å². The van der Waals surface area contributed by atoms with E-state index in [1.54, 1.807) is 19.2 Å². The second-order valence-electron chi connectivity index (χ2n) is 9.56. The molecule has 2 saturated carbocycles. The van der Waals surface area contributed by atoms with Crippen LogP contribution in [0.1, 0.15) is 37.2 Å². The van der Waals surface area contributed by atoms with Crippen LogP contribution in [0.3, 0.4) is 0 Å². The van der Waals surface area contributed by atoms with Crippen molar-refractivity contribution >= 4 is 27.3 Å². The molecule has 5 atom stereocenters. The summed E-state index contributed by atoms with van der Waals surface area (Å²) in [5, 5.41) is 10.3. The molecule has 2 aliphatic heterocycles. The van der Waals surface area contributed by atoms with Crippen LogP contribution in [0.2, 0.25) is 0 Å². The van der Waals surface area contributed by atoms with E-state index >= 15 is 0 Å². The zero-order valence-corrected chi connectivity index (χ0v) is 19.1. The summed E-state index contributed by atoms with van der Waals surface area (Å²) < 4.78 is 51.7. The van der Waals surface area contributed by atoms with E-state index in [1.165, 1.54) is 5.01 Å². The molecule has 4 unspecified atom stereocenters. The fourth-order valence-corrected chi connectivity index (χ4v) is 5.68. The number of amides is 2. The van der Waals surface area contributed by atoms with Gasteiger partial charge in [-0.2, -0.15) is 0 Å². The van der Waals surface area contributed by atoms with Crippen LogP contribution in [0, 0.1) is 11.8 Å². The van der Waals surface area contributed by atoms with Gasteiger partial charge in [-0.05, 0) is 36.5 Å². The topological polar surface area (TPSA) is 120 Å². The molecule has 1 aromatic rings. The fourth-order valence-electron chi connectivity index (χ4n) is 4.80. The fraction of sp³-hybridized carbons (Fsp3) is 0.619. The molecule has 0 spiro atoms. The zero-order valence-electron chi connectivity index (χ0n) is 18.3. The highest BCUT2D eigenvalue weighted by molar-refractivity contribution is 7.90. The van der Waals surface area contributed by atoms with Gasteiger partial charge in [-0.1, -0.05) is 6.07 Å². The number of rotatable bonds is 6. The molecule has 4 aliphatic rings. The molecule has 1 aromatic carbocycles. The van der Waals surface area contributed by atoms with E-state index in [-0.39, 0.29) is 17.2 Å². The number of hydrogen-bond acceptors (Lipinski definition) is 7.